The Balaban J connectivity index is 1.04. The summed E-state index contributed by atoms with van der Waals surface area (Å²) in [5, 5.41) is 5.99. The maximum absolute atomic E-state index is 6.26. The lowest BCUT2D eigenvalue weighted by Gasteiger charge is -2.32. The molecule has 0 spiro atoms. The van der Waals surface area contributed by atoms with Gasteiger partial charge in [-0.05, 0) is 82.3 Å². The number of furan rings is 1. The summed E-state index contributed by atoms with van der Waals surface area (Å²) in [5.41, 5.74) is 14.8. The number of hydrogen-bond donors (Lipinski definition) is 0. The zero-order valence-electron chi connectivity index (χ0n) is 31.1. The monoisotopic (exact) mass is 718 g/mol. The average molecular weight is 719 g/mol. The number of nitrogens with zero attached hydrogens (tertiary/aromatic N) is 2. The van der Waals surface area contributed by atoms with Crippen molar-refractivity contribution in [3.8, 4) is 16.8 Å². The van der Waals surface area contributed by atoms with Crippen molar-refractivity contribution in [2.24, 2.45) is 5.92 Å². The maximum Gasteiger partial charge on any atom is 0.136 e. The van der Waals surface area contributed by atoms with Gasteiger partial charge in [0.15, 0.2) is 0 Å². The van der Waals surface area contributed by atoms with Crippen LogP contribution in [0.1, 0.15) is 29.7 Å². The first-order valence-corrected chi connectivity index (χ1v) is 19.4. The molecule has 0 radical (unpaired) electrons. The van der Waals surface area contributed by atoms with E-state index in [-0.39, 0.29) is 11.8 Å². The highest BCUT2D eigenvalue weighted by Crippen LogP contribution is 2.47. The molecule has 3 heterocycles. The van der Waals surface area contributed by atoms with Crippen molar-refractivity contribution in [3.63, 3.8) is 0 Å². The van der Waals surface area contributed by atoms with Crippen LogP contribution in [0.5, 0.6) is 0 Å². The molecule has 3 nitrogen and oxygen atoms in total. The van der Waals surface area contributed by atoms with E-state index in [9.17, 15) is 0 Å². The number of rotatable bonds is 4. The van der Waals surface area contributed by atoms with E-state index in [4.69, 9.17) is 4.42 Å². The number of fused-ring (bicyclic) bond motifs is 8. The molecule has 0 saturated heterocycles. The zero-order chi connectivity index (χ0) is 37.3. The lowest BCUT2D eigenvalue weighted by molar-refractivity contribution is 0.594. The van der Waals surface area contributed by atoms with Gasteiger partial charge in [0.05, 0.1) is 16.9 Å². The number of aromatic nitrogens is 1. The molecule has 2 aromatic heterocycles. The summed E-state index contributed by atoms with van der Waals surface area (Å²) >= 11 is 0. The number of hydrogen-bond acceptors (Lipinski definition) is 2. The number of allylic oxidation sites excluding steroid dienone is 5. The summed E-state index contributed by atoms with van der Waals surface area (Å²) in [4.78, 5) is 2.33. The van der Waals surface area contributed by atoms with Crippen molar-refractivity contribution in [1.29, 1.82) is 0 Å². The zero-order valence-corrected chi connectivity index (χ0v) is 31.1. The summed E-state index contributed by atoms with van der Waals surface area (Å²) in [5.74, 6) is 0.296. The van der Waals surface area contributed by atoms with Gasteiger partial charge in [-0.15, -0.1) is 0 Å². The minimum atomic E-state index is 0.126. The minimum absolute atomic E-state index is 0.126. The molecular formula is C53H38N2O. The largest absolute Gasteiger partial charge is 0.456 e. The molecule has 0 N–H and O–H groups in total. The van der Waals surface area contributed by atoms with E-state index in [1.54, 1.807) is 0 Å². The van der Waals surface area contributed by atoms with Crippen LogP contribution in [0.2, 0.25) is 0 Å². The van der Waals surface area contributed by atoms with Crippen molar-refractivity contribution >= 4 is 66.6 Å². The second-order valence-corrected chi connectivity index (χ2v) is 15.1. The van der Waals surface area contributed by atoms with E-state index in [0.717, 1.165) is 50.0 Å². The standard InChI is InChI=1S/C53H38N2O/c1-34-23-24-39(33-54(40-14-4-3-5-15-40)48-19-9-6-16-41(34)48)42-29-30-47-44-17-7-10-20-50(44)55(53(47)35(42)2)49-21-12-13-38-31-36(25-27-43(38)49)37-26-28-46-45-18-8-11-22-51(45)56-52(46)32-37/h3-33,35,42H,1H2,2H3/b24-23-,39-33+. The molecule has 0 saturated carbocycles. The highest BCUT2D eigenvalue weighted by Gasteiger charge is 2.32. The van der Waals surface area contributed by atoms with Crippen LogP contribution in [0.3, 0.4) is 0 Å². The van der Waals surface area contributed by atoms with Gasteiger partial charge in [0.2, 0.25) is 0 Å². The van der Waals surface area contributed by atoms with Gasteiger partial charge in [-0.25, -0.2) is 0 Å². The summed E-state index contributed by atoms with van der Waals surface area (Å²) in [7, 11) is 0. The molecular weight excluding hydrogens is 681 g/mol. The normalized spacial score (nSPS) is 18.1. The SMILES string of the molecule is C=C1/C=C\C(C2C=Cc3c(n(-c4cccc5cc(-c6ccc7c(c6)oc6ccccc67)ccc45)c4ccccc34)C2C)=C/N(c2ccccc2)c2ccccc21. The van der Waals surface area contributed by atoms with Crippen LogP contribution in [0.4, 0.5) is 11.4 Å². The molecule has 0 amide bonds. The molecule has 2 aliphatic rings. The van der Waals surface area contributed by atoms with E-state index in [1.165, 1.54) is 49.8 Å². The third-order valence-corrected chi connectivity index (χ3v) is 11.9. The fourth-order valence-electron chi connectivity index (χ4n) is 9.15. The van der Waals surface area contributed by atoms with Crippen molar-refractivity contribution in [1.82, 2.24) is 4.57 Å². The molecule has 7 aromatic carbocycles. The number of benzene rings is 7. The van der Waals surface area contributed by atoms with Crippen molar-refractivity contribution < 1.29 is 4.42 Å². The van der Waals surface area contributed by atoms with Crippen molar-refractivity contribution in [2.45, 2.75) is 12.8 Å². The summed E-state index contributed by atoms with van der Waals surface area (Å²) in [6.07, 6.45) is 11.6. The fraction of sp³-hybridized carbons (Fsp3) is 0.0566. The van der Waals surface area contributed by atoms with Gasteiger partial charge in [0, 0.05) is 62.1 Å². The van der Waals surface area contributed by atoms with Crippen LogP contribution < -0.4 is 4.90 Å². The second-order valence-electron chi connectivity index (χ2n) is 15.1. The first kappa shape index (κ1) is 32.3. The van der Waals surface area contributed by atoms with Gasteiger partial charge in [-0.1, -0.05) is 141 Å². The Morgan fingerprint density at radius 3 is 2.18 bits per heavy atom. The topological polar surface area (TPSA) is 21.3 Å². The fourth-order valence-corrected chi connectivity index (χ4v) is 9.15. The van der Waals surface area contributed by atoms with E-state index in [2.05, 4.69) is 199 Å². The third kappa shape index (κ3) is 5.05. The molecule has 56 heavy (non-hydrogen) atoms. The van der Waals surface area contributed by atoms with Crippen molar-refractivity contribution in [3.05, 3.63) is 211 Å². The second kappa shape index (κ2) is 12.8. The van der Waals surface area contributed by atoms with Gasteiger partial charge in [-0.2, -0.15) is 0 Å². The molecule has 0 bridgehead atoms. The van der Waals surface area contributed by atoms with Crippen LogP contribution in [-0.4, -0.2) is 4.57 Å². The molecule has 9 aromatic rings. The van der Waals surface area contributed by atoms with Gasteiger partial charge < -0.3 is 13.9 Å². The van der Waals surface area contributed by atoms with Crippen LogP contribution >= 0.6 is 0 Å². The highest BCUT2D eigenvalue weighted by atomic mass is 16.3. The summed E-state index contributed by atoms with van der Waals surface area (Å²) < 4.78 is 8.80. The Hall–Kier alpha value is -7.10. The van der Waals surface area contributed by atoms with Gasteiger partial charge in [-0.3, -0.25) is 0 Å². The van der Waals surface area contributed by atoms with Gasteiger partial charge in [0.1, 0.15) is 11.2 Å². The van der Waals surface area contributed by atoms with Crippen LogP contribution in [0.15, 0.2) is 199 Å². The Kier molecular flexibility index (Phi) is 7.36. The van der Waals surface area contributed by atoms with Crippen LogP contribution in [0.25, 0.3) is 72.1 Å². The Labute approximate surface area is 326 Å². The van der Waals surface area contributed by atoms with E-state index >= 15 is 0 Å². The molecule has 3 heteroatoms. The first-order valence-electron chi connectivity index (χ1n) is 19.4. The molecule has 0 fully saturated rings. The quantitative estimate of drug-likeness (QED) is 0.181. The van der Waals surface area contributed by atoms with Gasteiger partial charge >= 0.3 is 0 Å². The van der Waals surface area contributed by atoms with E-state index < -0.39 is 0 Å². The van der Waals surface area contributed by atoms with E-state index in [0.29, 0.717) is 0 Å². The van der Waals surface area contributed by atoms with E-state index in [1.807, 2.05) is 12.1 Å². The minimum Gasteiger partial charge on any atom is -0.456 e. The maximum atomic E-state index is 6.26. The predicted molar refractivity (Wildman–Crippen MR) is 236 cm³/mol. The Morgan fingerprint density at radius 2 is 1.29 bits per heavy atom. The van der Waals surface area contributed by atoms with Crippen LogP contribution in [-0.2, 0) is 0 Å². The predicted octanol–water partition coefficient (Wildman–Crippen LogP) is 14.4. The molecule has 1 aliphatic carbocycles. The molecule has 1 aliphatic heterocycles. The summed E-state index contributed by atoms with van der Waals surface area (Å²) in [6, 6.07) is 56.5. The average Bonchev–Trinajstić information content (AvgIpc) is 3.79. The first-order chi connectivity index (χ1) is 27.6. The van der Waals surface area contributed by atoms with Crippen molar-refractivity contribution in [2.75, 3.05) is 4.90 Å². The molecule has 2 unspecified atom stereocenters. The third-order valence-electron chi connectivity index (χ3n) is 11.9. The lowest BCUT2D eigenvalue weighted by Crippen LogP contribution is -2.20. The smallest absolute Gasteiger partial charge is 0.136 e. The number of anilines is 2. The summed E-state index contributed by atoms with van der Waals surface area (Å²) in [6.45, 7) is 6.90. The Bertz CT molecular complexity index is 3130. The Morgan fingerprint density at radius 1 is 0.571 bits per heavy atom. The van der Waals surface area contributed by atoms with Crippen LogP contribution in [0, 0.1) is 5.92 Å². The molecule has 266 valence electrons. The molecule has 11 rings (SSSR count). The van der Waals surface area contributed by atoms with Gasteiger partial charge in [0.25, 0.3) is 0 Å². The lowest BCUT2D eigenvalue weighted by atomic mass is 9.79. The highest BCUT2D eigenvalue weighted by molar-refractivity contribution is 6.06. The molecule has 2 atom stereocenters. The number of para-hydroxylation sites is 4.